The molecule has 1 fully saturated rings. The highest BCUT2D eigenvalue weighted by molar-refractivity contribution is 5.78. The predicted molar refractivity (Wildman–Crippen MR) is 105 cm³/mol. The van der Waals surface area contributed by atoms with Gasteiger partial charge >= 0.3 is 0 Å². The molecular formula is C22H26FN3O. The first-order valence-electron chi connectivity index (χ1n) is 9.75. The summed E-state index contributed by atoms with van der Waals surface area (Å²) in [7, 11) is 0. The minimum absolute atomic E-state index is 0.259. The monoisotopic (exact) mass is 367 g/mol. The summed E-state index contributed by atoms with van der Waals surface area (Å²) in [6.07, 6.45) is 5.52. The molecule has 3 aromatic rings. The lowest BCUT2D eigenvalue weighted by atomic mass is 9.84. The number of likely N-dealkylation sites (tertiary alicyclic amines) is 1. The smallest absolute Gasteiger partial charge is 0.123 e. The summed E-state index contributed by atoms with van der Waals surface area (Å²) >= 11 is 0. The van der Waals surface area contributed by atoms with Gasteiger partial charge in [0.15, 0.2) is 0 Å². The summed E-state index contributed by atoms with van der Waals surface area (Å²) in [5.41, 5.74) is 1.20. The van der Waals surface area contributed by atoms with Gasteiger partial charge in [0.25, 0.3) is 0 Å². The maximum absolute atomic E-state index is 13.1. The SMILES string of the molecule is OC1(c2ccc(F)cc2)CCN(CCCCn2ncc3ccccc32)CC1. The fourth-order valence-electron chi connectivity index (χ4n) is 4.00. The van der Waals surface area contributed by atoms with Crippen molar-refractivity contribution in [3.8, 4) is 0 Å². The van der Waals surface area contributed by atoms with Crippen LogP contribution in [0.15, 0.2) is 54.7 Å². The molecule has 1 N–H and O–H groups in total. The summed E-state index contributed by atoms with van der Waals surface area (Å²) in [5, 5.41) is 16.6. The van der Waals surface area contributed by atoms with Crippen molar-refractivity contribution in [2.24, 2.45) is 0 Å². The summed E-state index contributed by atoms with van der Waals surface area (Å²) in [6, 6.07) is 14.6. The normalized spacial score (nSPS) is 17.4. The van der Waals surface area contributed by atoms with Crippen LogP contribution in [0.1, 0.15) is 31.2 Å². The number of aromatic nitrogens is 2. The summed E-state index contributed by atoms with van der Waals surface area (Å²) in [5.74, 6) is -0.259. The topological polar surface area (TPSA) is 41.3 Å². The lowest BCUT2D eigenvalue weighted by Crippen LogP contribution is -2.42. The van der Waals surface area contributed by atoms with Gasteiger partial charge in [-0.3, -0.25) is 4.68 Å². The molecule has 2 heterocycles. The first-order chi connectivity index (χ1) is 13.1. The van der Waals surface area contributed by atoms with Crippen molar-refractivity contribution in [1.29, 1.82) is 0 Å². The van der Waals surface area contributed by atoms with Crippen molar-refractivity contribution in [1.82, 2.24) is 14.7 Å². The van der Waals surface area contributed by atoms with Crippen LogP contribution < -0.4 is 0 Å². The number of aryl methyl sites for hydroxylation is 1. The van der Waals surface area contributed by atoms with Gasteiger partial charge in [0.1, 0.15) is 5.82 Å². The Bertz CT molecular complexity index is 882. The fourth-order valence-corrected chi connectivity index (χ4v) is 4.00. The quantitative estimate of drug-likeness (QED) is 0.671. The van der Waals surface area contributed by atoms with Crippen LogP contribution in [-0.4, -0.2) is 39.4 Å². The van der Waals surface area contributed by atoms with Crippen molar-refractivity contribution in [2.45, 2.75) is 37.8 Å². The second kappa shape index (κ2) is 7.79. The van der Waals surface area contributed by atoms with Crippen LogP contribution in [0.3, 0.4) is 0 Å². The number of benzene rings is 2. The summed E-state index contributed by atoms with van der Waals surface area (Å²) < 4.78 is 15.2. The number of fused-ring (bicyclic) bond motifs is 1. The van der Waals surface area contributed by atoms with E-state index in [2.05, 4.69) is 32.9 Å². The van der Waals surface area contributed by atoms with Crippen LogP contribution in [0.2, 0.25) is 0 Å². The molecule has 142 valence electrons. The Labute approximate surface area is 159 Å². The highest BCUT2D eigenvalue weighted by atomic mass is 19.1. The number of nitrogens with zero attached hydrogens (tertiary/aromatic N) is 3. The number of rotatable bonds is 6. The fraction of sp³-hybridized carbons (Fsp3) is 0.409. The molecule has 1 aliphatic rings. The summed E-state index contributed by atoms with van der Waals surface area (Å²) in [4.78, 5) is 2.42. The van der Waals surface area contributed by atoms with Gasteiger partial charge in [-0.25, -0.2) is 4.39 Å². The van der Waals surface area contributed by atoms with E-state index >= 15 is 0 Å². The predicted octanol–water partition coefficient (Wildman–Crippen LogP) is 3.94. The third-order valence-electron chi connectivity index (χ3n) is 5.71. The Kier molecular flexibility index (Phi) is 5.23. The molecule has 0 saturated carbocycles. The Balaban J connectivity index is 1.23. The molecule has 0 amide bonds. The van der Waals surface area contributed by atoms with E-state index in [1.165, 1.54) is 23.0 Å². The minimum Gasteiger partial charge on any atom is -0.385 e. The number of unbranched alkanes of at least 4 members (excludes halogenated alkanes) is 1. The van der Waals surface area contributed by atoms with Crippen LogP contribution in [0.5, 0.6) is 0 Å². The van der Waals surface area contributed by atoms with E-state index < -0.39 is 5.60 Å². The van der Waals surface area contributed by atoms with E-state index in [4.69, 9.17) is 0 Å². The van der Waals surface area contributed by atoms with Crippen LogP contribution in [0.4, 0.5) is 4.39 Å². The third kappa shape index (κ3) is 4.04. The zero-order valence-electron chi connectivity index (χ0n) is 15.5. The van der Waals surface area contributed by atoms with Crippen LogP contribution in [-0.2, 0) is 12.1 Å². The molecular weight excluding hydrogens is 341 g/mol. The van der Waals surface area contributed by atoms with Gasteiger partial charge < -0.3 is 10.0 Å². The lowest BCUT2D eigenvalue weighted by Gasteiger charge is -2.38. The van der Waals surface area contributed by atoms with Crippen LogP contribution >= 0.6 is 0 Å². The zero-order chi connectivity index (χ0) is 18.7. The van der Waals surface area contributed by atoms with Crippen molar-refractivity contribution >= 4 is 10.9 Å². The van der Waals surface area contributed by atoms with Gasteiger partial charge in [0.2, 0.25) is 0 Å². The standard InChI is InChI=1S/C22H26FN3O/c23-20-9-7-19(8-10-20)22(27)11-15-25(16-12-22)13-3-4-14-26-21-6-2-1-5-18(21)17-24-26/h1-2,5-10,17,27H,3-4,11-16H2. The Morgan fingerprint density at radius 3 is 2.44 bits per heavy atom. The second-order valence-corrected chi connectivity index (χ2v) is 7.51. The first kappa shape index (κ1) is 18.1. The molecule has 4 rings (SSSR count). The van der Waals surface area contributed by atoms with Crippen molar-refractivity contribution < 1.29 is 9.50 Å². The molecule has 27 heavy (non-hydrogen) atoms. The van der Waals surface area contributed by atoms with E-state index in [-0.39, 0.29) is 5.82 Å². The van der Waals surface area contributed by atoms with Crippen LogP contribution in [0.25, 0.3) is 10.9 Å². The molecule has 0 aliphatic carbocycles. The number of aliphatic hydroxyl groups is 1. The van der Waals surface area contributed by atoms with Gasteiger partial charge in [-0.15, -0.1) is 0 Å². The largest absolute Gasteiger partial charge is 0.385 e. The number of para-hydroxylation sites is 1. The van der Waals surface area contributed by atoms with E-state index in [1.807, 2.05) is 12.3 Å². The Morgan fingerprint density at radius 2 is 1.67 bits per heavy atom. The summed E-state index contributed by atoms with van der Waals surface area (Å²) in [6.45, 7) is 3.72. The van der Waals surface area contributed by atoms with Gasteiger partial charge in [-0.2, -0.15) is 5.10 Å². The van der Waals surface area contributed by atoms with Gasteiger partial charge in [0, 0.05) is 25.0 Å². The Morgan fingerprint density at radius 1 is 0.963 bits per heavy atom. The first-order valence-corrected chi connectivity index (χ1v) is 9.75. The molecule has 1 saturated heterocycles. The number of halogens is 1. The average molecular weight is 367 g/mol. The number of hydrogen-bond acceptors (Lipinski definition) is 3. The maximum atomic E-state index is 13.1. The van der Waals surface area contributed by atoms with E-state index in [0.29, 0.717) is 12.8 Å². The maximum Gasteiger partial charge on any atom is 0.123 e. The molecule has 0 bridgehead atoms. The van der Waals surface area contributed by atoms with E-state index in [1.54, 1.807) is 12.1 Å². The molecule has 0 atom stereocenters. The molecule has 1 aromatic heterocycles. The molecule has 2 aromatic carbocycles. The van der Waals surface area contributed by atoms with Gasteiger partial charge in [-0.1, -0.05) is 30.3 Å². The van der Waals surface area contributed by atoms with Gasteiger partial charge in [0.05, 0.1) is 17.3 Å². The zero-order valence-corrected chi connectivity index (χ0v) is 15.5. The third-order valence-corrected chi connectivity index (χ3v) is 5.71. The average Bonchev–Trinajstić information content (AvgIpc) is 3.10. The number of hydrogen-bond donors (Lipinski definition) is 1. The molecule has 4 nitrogen and oxygen atoms in total. The van der Waals surface area contributed by atoms with Crippen molar-refractivity contribution in [3.05, 3.63) is 66.1 Å². The van der Waals surface area contributed by atoms with Crippen molar-refractivity contribution in [3.63, 3.8) is 0 Å². The second-order valence-electron chi connectivity index (χ2n) is 7.51. The van der Waals surface area contributed by atoms with Crippen molar-refractivity contribution in [2.75, 3.05) is 19.6 Å². The highest BCUT2D eigenvalue weighted by Crippen LogP contribution is 2.32. The molecule has 0 spiro atoms. The molecule has 1 aliphatic heterocycles. The van der Waals surface area contributed by atoms with Crippen LogP contribution in [0, 0.1) is 5.82 Å². The molecule has 0 radical (unpaired) electrons. The lowest BCUT2D eigenvalue weighted by molar-refractivity contribution is -0.0261. The minimum atomic E-state index is -0.821. The molecule has 5 heteroatoms. The van der Waals surface area contributed by atoms with Gasteiger partial charge in [-0.05, 0) is 56.0 Å². The number of piperidine rings is 1. The molecule has 0 unspecified atom stereocenters. The Hall–Kier alpha value is -2.24. The highest BCUT2D eigenvalue weighted by Gasteiger charge is 2.33. The van der Waals surface area contributed by atoms with E-state index in [0.717, 1.165) is 44.6 Å². The van der Waals surface area contributed by atoms with E-state index in [9.17, 15) is 9.50 Å².